The van der Waals surface area contributed by atoms with E-state index in [2.05, 4.69) is 4.74 Å². The summed E-state index contributed by atoms with van der Waals surface area (Å²) in [5.41, 5.74) is -0.188. The topological polar surface area (TPSA) is 38.7 Å². The Kier molecular flexibility index (Phi) is 5.42. The van der Waals surface area contributed by atoms with Gasteiger partial charge in [-0.2, -0.15) is 17.6 Å². The van der Waals surface area contributed by atoms with Crippen molar-refractivity contribution in [2.45, 2.75) is 24.5 Å². The molecule has 0 amide bonds. The van der Waals surface area contributed by atoms with Gasteiger partial charge in [-0.15, -0.1) is 0 Å². The summed E-state index contributed by atoms with van der Waals surface area (Å²) < 4.78 is 59.3. The van der Waals surface area contributed by atoms with Crippen LogP contribution < -0.4 is 9.47 Å². The number of ether oxygens (including phenoxy) is 2. The molecular weight excluding hydrogens is 336 g/mol. The number of halogens is 5. The molecule has 8 heteroatoms. The molecule has 0 heterocycles. The first-order valence-corrected chi connectivity index (χ1v) is 6.01. The molecule has 0 spiro atoms. The van der Waals surface area contributed by atoms with E-state index in [-0.39, 0.29) is 23.7 Å². The maximum absolute atomic E-state index is 12.9. The molecule has 0 saturated heterocycles. The van der Waals surface area contributed by atoms with Crippen LogP contribution in [0.2, 0.25) is 0 Å². The number of benzene rings is 1. The Bertz CT molecular complexity index is 423. The Balaban J connectivity index is 3.08. The van der Waals surface area contributed by atoms with Gasteiger partial charge in [0, 0.05) is 0 Å². The normalized spacial score (nSPS) is 13.5. The van der Waals surface area contributed by atoms with Crippen molar-refractivity contribution in [3.63, 3.8) is 0 Å². The third-order valence-electron chi connectivity index (χ3n) is 2.11. The molecule has 108 valence electrons. The lowest BCUT2D eigenvalue weighted by atomic mass is 10.1. The Morgan fingerprint density at radius 3 is 2.42 bits per heavy atom. The van der Waals surface area contributed by atoms with Gasteiger partial charge < -0.3 is 14.6 Å². The van der Waals surface area contributed by atoms with E-state index in [1.165, 1.54) is 0 Å². The summed E-state index contributed by atoms with van der Waals surface area (Å²) in [6, 6.07) is 3.12. The van der Waals surface area contributed by atoms with Crippen molar-refractivity contribution in [2.24, 2.45) is 0 Å². The molecule has 1 unspecified atom stereocenters. The SMILES string of the molecule is CCOc1cc(C(O)C(F)(F)Br)ccc1OC(F)F. The van der Waals surface area contributed by atoms with Gasteiger partial charge in [0.05, 0.1) is 6.61 Å². The predicted molar refractivity (Wildman–Crippen MR) is 63.1 cm³/mol. The van der Waals surface area contributed by atoms with E-state index in [1.807, 2.05) is 15.9 Å². The molecule has 0 aliphatic rings. The van der Waals surface area contributed by atoms with Crippen LogP contribution in [-0.2, 0) is 0 Å². The lowest BCUT2D eigenvalue weighted by Crippen LogP contribution is -2.18. The van der Waals surface area contributed by atoms with Crippen LogP contribution in [0.25, 0.3) is 0 Å². The van der Waals surface area contributed by atoms with Crippen molar-refractivity contribution in [2.75, 3.05) is 6.61 Å². The second kappa shape index (κ2) is 6.42. The van der Waals surface area contributed by atoms with Crippen LogP contribution in [0.15, 0.2) is 18.2 Å². The van der Waals surface area contributed by atoms with Crippen molar-refractivity contribution in [3.8, 4) is 11.5 Å². The van der Waals surface area contributed by atoms with Gasteiger partial charge in [-0.1, -0.05) is 6.07 Å². The molecule has 0 aliphatic carbocycles. The molecule has 0 saturated carbocycles. The van der Waals surface area contributed by atoms with Gasteiger partial charge in [0.2, 0.25) is 0 Å². The van der Waals surface area contributed by atoms with Gasteiger partial charge in [-0.25, -0.2) is 0 Å². The van der Waals surface area contributed by atoms with Crippen molar-refractivity contribution in [1.82, 2.24) is 0 Å². The summed E-state index contributed by atoms with van der Waals surface area (Å²) in [6.07, 6.45) is -2.13. The molecule has 1 aromatic rings. The van der Waals surface area contributed by atoms with Crippen LogP contribution in [0.3, 0.4) is 0 Å². The van der Waals surface area contributed by atoms with E-state index in [0.29, 0.717) is 0 Å². The highest BCUT2D eigenvalue weighted by Crippen LogP contribution is 2.39. The molecule has 1 atom stereocenters. The maximum Gasteiger partial charge on any atom is 0.387 e. The fourth-order valence-electron chi connectivity index (χ4n) is 1.35. The van der Waals surface area contributed by atoms with E-state index in [1.54, 1.807) is 6.92 Å². The van der Waals surface area contributed by atoms with Crippen LogP contribution in [0.4, 0.5) is 17.6 Å². The van der Waals surface area contributed by atoms with E-state index in [9.17, 15) is 22.7 Å². The van der Waals surface area contributed by atoms with E-state index >= 15 is 0 Å². The quantitative estimate of drug-likeness (QED) is 0.630. The zero-order valence-electron chi connectivity index (χ0n) is 9.75. The summed E-state index contributed by atoms with van der Waals surface area (Å²) in [7, 11) is 0. The van der Waals surface area contributed by atoms with E-state index in [4.69, 9.17) is 4.74 Å². The Morgan fingerprint density at radius 1 is 1.32 bits per heavy atom. The molecular formula is C11H11BrF4O3. The van der Waals surface area contributed by atoms with Crippen LogP contribution >= 0.6 is 15.9 Å². The first kappa shape index (κ1) is 16.0. The molecule has 1 N–H and O–H groups in total. The van der Waals surface area contributed by atoms with Gasteiger partial charge in [-0.3, -0.25) is 0 Å². The summed E-state index contributed by atoms with van der Waals surface area (Å²) in [4.78, 5) is -3.54. The number of rotatable bonds is 6. The second-order valence-corrected chi connectivity index (χ2v) is 4.52. The van der Waals surface area contributed by atoms with Crippen LogP contribution in [0, 0.1) is 0 Å². The zero-order chi connectivity index (χ0) is 14.6. The molecule has 0 aliphatic heterocycles. The molecule has 0 radical (unpaired) electrons. The van der Waals surface area contributed by atoms with Gasteiger partial charge in [0.1, 0.15) is 0 Å². The third kappa shape index (κ3) is 4.54. The molecule has 1 aromatic carbocycles. The molecule has 0 bridgehead atoms. The Morgan fingerprint density at radius 2 is 1.95 bits per heavy atom. The minimum Gasteiger partial charge on any atom is -0.490 e. The van der Waals surface area contributed by atoms with E-state index < -0.39 is 17.5 Å². The first-order valence-electron chi connectivity index (χ1n) is 5.22. The monoisotopic (exact) mass is 346 g/mol. The highest BCUT2D eigenvalue weighted by atomic mass is 79.9. The largest absolute Gasteiger partial charge is 0.490 e. The van der Waals surface area contributed by atoms with Crippen LogP contribution in [0.5, 0.6) is 11.5 Å². The average Bonchev–Trinajstić information content (AvgIpc) is 2.29. The zero-order valence-corrected chi connectivity index (χ0v) is 11.3. The van der Waals surface area contributed by atoms with Crippen molar-refractivity contribution < 1.29 is 32.1 Å². The number of aliphatic hydroxyl groups is 1. The standard InChI is InChI=1S/C11H11BrF4O3/c1-2-18-8-5-6(9(17)11(12,15)16)3-4-7(8)19-10(13)14/h3-5,9-10,17H,2H2,1H3. The van der Waals surface area contributed by atoms with Gasteiger partial charge in [0.25, 0.3) is 0 Å². The summed E-state index contributed by atoms with van der Waals surface area (Å²) in [5.74, 6) is -0.429. The minimum atomic E-state index is -3.54. The highest BCUT2D eigenvalue weighted by molar-refractivity contribution is 9.10. The number of aliphatic hydroxyl groups excluding tert-OH is 1. The minimum absolute atomic E-state index is 0.129. The van der Waals surface area contributed by atoms with Gasteiger partial charge in [0.15, 0.2) is 17.6 Å². The van der Waals surface area contributed by atoms with Gasteiger partial charge in [-0.05, 0) is 40.5 Å². The maximum atomic E-state index is 12.9. The Hall–Kier alpha value is -1.02. The smallest absolute Gasteiger partial charge is 0.387 e. The second-order valence-electron chi connectivity index (χ2n) is 3.46. The van der Waals surface area contributed by atoms with E-state index in [0.717, 1.165) is 18.2 Å². The van der Waals surface area contributed by atoms with Crippen LogP contribution in [0.1, 0.15) is 18.6 Å². The molecule has 3 nitrogen and oxygen atoms in total. The molecule has 1 rings (SSSR count). The number of alkyl halides is 5. The predicted octanol–water partition coefficient (Wildman–Crippen LogP) is 3.71. The van der Waals surface area contributed by atoms with Gasteiger partial charge >= 0.3 is 11.4 Å². The molecule has 0 aromatic heterocycles. The third-order valence-corrected chi connectivity index (χ3v) is 2.54. The Labute approximate surface area is 115 Å². The fourth-order valence-corrected chi connectivity index (χ4v) is 1.61. The fraction of sp³-hybridized carbons (Fsp3) is 0.455. The van der Waals surface area contributed by atoms with Crippen molar-refractivity contribution in [3.05, 3.63) is 23.8 Å². The van der Waals surface area contributed by atoms with Crippen molar-refractivity contribution in [1.29, 1.82) is 0 Å². The average molecular weight is 347 g/mol. The highest BCUT2D eigenvalue weighted by Gasteiger charge is 2.36. The summed E-state index contributed by atoms with van der Waals surface area (Å²) in [5, 5.41) is 9.38. The number of hydrogen-bond donors (Lipinski definition) is 1. The molecule has 0 fully saturated rings. The summed E-state index contributed by atoms with van der Waals surface area (Å²) in [6.45, 7) is -1.34. The number of hydrogen-bond acceptors (Lipinski definition) is 3. The lowest BCUT2D eigenvalue weighted by molar-refractivity contribution is -0.0517. The van der Waals surface area contributed by atoms with Crippen molar-refractivity contribution >= 4 is 15.9 Å². The summed E-state index contributed by atoms with van der Waals surface area (Å²) >= 11 is 2.03. The van der Waals surface area contributed by atoms with Crippen LogP contribution in [-0.4, -0.2) is 23.2 Å². The lowest BCUT2D eigenvalue weighted by Gasteiger charge is -2.18. The molecule has 19 heavy (non-hydrogen) atoms. The first-order chi connectivity index (χ1) is 8.75.